The molecule has 156 valence electrons. The standard InChI is InChI=1S/C21H20N8O2/c30-18-16(25-21(31)27-18)9-12-10-22-29-17(12)26-19(28-20(29)23-13-6-7-13)24-15-8-5-11-3-1-2-4-14(11)15/h1-4,9-10,13,15,30H,5-8H2,(H,23,24,28)(H2,25,27,31). The molecule has 0 aliphatic heterocycles. The van der Waals surface area contributed by atoms with E-state index in [4.69, 9.17) is 9.98 Å². The molecule has 3 aromatic heterocycles. The molecular formula is C21H20N8O2. The lowest BCUT2D eigenvalue weighted by Crippen LogP contribution is -2.25. The number of aromatic nitrogens is 6. The molecule has 10 heteroatoms. The first-order chi connectivity index (χ1) is 15.1. The molecule has 1 unspecified atom stereocenters. The molecule has 0 amide bonds. The van der Waals surface area contributed by atoms with Gasteiger partial charge in [0, 0.05) is 5.22 Å². The van der Waals surface area contributed by atoms with Crippen LogP contribution in [0.15, 0.2) is 40.2 Å². The van der Waals surface area contributed by atoms with Crippen LogP contribution in [0.5, 0.6) is 5.88 Å². The monoisotopic (exact) mass is 416 g/mol. The fourth-order valence-corrected chi connectivity index (χ4v) is 4.01. The van der Waals surface area contributed by atoms with Gasteiger partial charge in [0.05, 0.1) is 18.3 Å². The molecule has 10 nitrogen and oxygen atoms in total. The Morgan fingerprint density at radius 2 is 2.06 bits per heavy atom. The minimum Gasteiger partial charge on any atom is -0.493 e. The third-order valence-electron chi connectivity index (χ3n) is 5.69. The number of aromatic hydroxyl groups is 1. The molecule has 31 heavy (non-hydrogen) atoms. The van der Waals surface area contributed by atoms with Gasteiger partial charge in [0.2, 0.25) is 11.8 Å². The van der Waals surface area contributed by atoms with Crippen LogP contribution in [0.1, 0.15) is 42.1 Å². The van der Waals surface area contributed by atoms with Gasteiger partial charge in [-0.15, -0.1) is 0 Å². The lowest BCUT2D eigenvalue weighted by molar-refractivity contribution is 0.454. The van der Waals surface area contributed by atoms with Gasteiger partial charge < -0.3 is 15.4 Å². The molecule has 4 aromatic rings. The topological polar surface area (TPSA) is 136 Å². The summed E-state index contributed by atoms with van der Waals surface area (Å²) in [6, 6.07) is 8.80. The van der Waals surface area contributed by atoms with Crippen molar-refractivity contribution in [3.05, 3.63) is 68.6 Å². The highest BCUT2D eigenvalue weighted by Crippen LogP contribution is 2.32. The Balaban J connectivity index is 1.48. The van der Waals surface area contributed by atoms with E-state index in [0.717, 1.165) is 25.7 Å². The Bertz CT molecular complexity index is 1480. The minimum atomic E-state index is -0.485. The zero-order valence-electron chi connectivity index (χ0n) is 16.5. The van der Waals surface area contributed by atoms with Crippen molar-refractivity contribution in [2.24, 2.45) is 4.99 Å². The second-order valence-corrected chi connectivity index (χ2v) is 7.96. The number of H-pyrrole nitrogens is 2. The van der Waals surface area contributed by atoms with Gasteiger partial charge in [0.25, 0.3) is 5.62 Å². The van der Waals surface area contributed by atoms with E-state index in [1.54, 1.807) is 16.8 Å². The molecule has 0 spiro atoms. The van der Waals surface area contributed by atoms with Gasteiger partial charge in [-0.25, -0.2) is 9.79 Å². The van der Waals surface area contributed by atoms with Gasteiger partial charge in [-0.2, -0.15) is 19.6 Å². The number of rotatable bonds is 4. The summed E-state index contributed by atoms with van der Waals surface area (Å²) in [5, 5.41) is 18.4. The van der Waals surface area contributed by atoms with Gasteiger partial charge in [0.15, 0.2) is 5.65 Å². The van der Waals surface area contributed by atoms with Crippen molar-refractivity contribution in [1.82, 2.24) is 29.5 Å². The lowest BCUT2D eigenvalue weighted by Gasteiger charge is -2.14. The van der Waals surface area contributed by atoms with Crippen LogP contribution in [-0.4, -0.2) is 40.7 Å². The average Bonchev–Trinajstić information content (AvgIpc) is 3.20. The van der Waals surface area contributed by atoms with Gasteiger partial charge in [-0.1, -0.05) is 24.3 Å². The van der Waals surface area contributed by atoms with E-state index in [9.17, 15) is 9.90 Å². The van der Waals surface area contributed by atoms with E-state index in [0.29, 0.717) is 22.4 Å². The minimum absolute atomic E-state index is 0.132. The maximum atomic E-state index is 11.5. The van der Waals surface area contributed by atoms with Crippen molar-refractivity contribution in [2.75, 3.05) is 5.32 Å². The fourth-order valence-electron chi connectivity index (χ4n) is 4.01. The number of imidazole rings is 1. The SMILES string of the molecule is O=c1[nH]c(O)c(C=c2cnn3c(=NC4CC4)nc(NC4CCc5ccccc54)nc23)[nH]1. The van der Waals surface area contributed by atoms with Crippen molar-refractivity contribution in [3.8, 4) is 5.88 Å². The molecule has 2 aliphatic carbocycles. The van der Waals surface area contributed by atoms with Gasteiger partial charge >= 0.3 is 5.69 Å². The number of anilines is 1. The second-order valence-electron chi connectivity index (χ2n) is 7.96. The Labute approximate surface area is 175 Å². The van der Waals surface area contributed by atoms with Crippen LogP contribution in [0.4, 0.5) is 5.95 Å². The molecule has 3 heterocycles. The van der Waals surface area contributed by atoms with Crippen molar-refractivity contribution in [2.45, 2.75) is 37.8 Å². The van der Waals surface area contributed by atoms with Crippen molar-refractivity contribution < 1.29 is 5.11 Å². The summed E-state index contributed by atoms with van der Waals surface area (Å²) in [6.07, 6.45) is 7.32. The maximum Gasteiger partial charge on any atom is 0.326 e. The highest BCUT2D eigenvalue weighted by atomic mass is 16.3. The van der Waals surface area contributed by atoms with Crippen molar-refractivity contribution >= 4 is 17.7 Å². The molecule has 1 aromatic carbocycles. The van der Waals surface area contributed by atoms with E-state index in [1.165, 1.54) is 11.1 Å². The number of nitrogens with zero attached hydrogens (tertiary/aromatic N) is 5. The summed E-state index contributed by atoms with van der Waals surface area (Å²) in [5.41, 5.74) is 3.42. The molecular weight excluding hydrogens is 396 g/mol. The highest BCUT2D eigenvalue weighted by molar-refractivity contribution is 5.57. The van der Waals surface area contributed by atoms with Gasteiger partial charge in [-0.3, -0.25) is 4.98 Å². The Morgan fingerprint density at radius 1 is 1.19 bits per heavy atom. The predicted octanol–water partition coefficient (Wildman–Crippen LogP) is 0.556. The number of nitrogens with one attached hydrogen (secondary N) is 3. The van der Waals surface area contributed by atoms with Crippen LogP contribution < -0.4 is 21.8 Å². The Hall–Kier alpha value is -3.95. The summed E-state index contributed by atoms with van der Waals surface area (Å²) in [6.45, 7) is 0. The number of hydrogen-bond acceptors (Lipinski definition) is 7. The first-order valence-electron chi connectivity index (χ1n) is 10.3. The van der Waals surface area contributed by atoms with Crippen LogP contribution in [-0.2, 0) is 6.42 Å². The molecule has 0 radical (unpaired) electrons. The number of aromatic amines is 2. The van der Waals surface area contributed by atoms with E-state index >= 15 is 0 Å². The van der Waals surface area contributed by atoms with E-state index < -0.39 is 5.69 Å². The van der Waals surface area contributed by atoms with Crippen molar-refractivity contribution in [3.63, 3.8) is 0 Å². The molecule has 2 aliphatic rings. The first kappa shape index (κ1) is 17.9. The molecule has 4 N–H and O–H groups in total. The highest BCUT2D eigenvalue weighted by Gasteiger charge is 2.24. The van der Waals surface area contributed by atoms with E-state index in [2.05, 4.69) is 43.6 Å². The summed E-state index contributed by atoms with van der Waals surface area (Å²) in [7, 11) is 0. The first-order valence-corrected chi connectivity index (χ1v) is 10.3. The number of benzene rings is 1. The third-order valence-corrected chi connectivity index (χ3v) is 5.69. The largest absolute Gasteiger partial charge is 0.493 e. The maximum absolute atomic E-state index is 11.5. The van der Waals surface area contributed by atoms with Crippen molar-refractivity contribution in [1.29, 1.82) is 0 Å². The molecule has 0 saturated heterocycles. The van der Waals surface area contributed by atoms with Gasteiger partial charge in [0.1, 0.15) is 5.69 Å². The molecule has 0 bridgehead atoms. The molecule has 1 fully saturated rings. The Kier molecular flexibility index (Phi) is 3.92. The van der Waals surface area contributed by atoms with Gasteiger partial charge in [-0.05, 0) is 42.9 Å². The normalized spacial score (nSPS) is 19.3. The van der Waals surface area contributed by atoms with Crippen LogP contribution in [0.25, 0.3) is 11.7 Å². The fraction of sp³-hybridized carbons (Fsp3) is 0.286. The summed E-state index contributed by atoms with van der Waals surface area (Å²) < 4.78 is 1.60. The smallest absolute Gasteiger partial charge is 0.326 e. The van der Waals surface area contributed by atoms with Crippen LogP contribution >= 0.6 is 0 Å². The zero-order chi connectivity index (χ0) is 20.9. The number of aryl methyl sites for hydroxylation is 1. The van der Waals surface area contributed by atoms with E-state index in [-0.39, 0.29) is 23.7 Å². The summed E-state index contributed by atoms with van der Waals surface area (Å²) >= 11 is 0. The zero-order valence-corrected chi connectivity index (χ0v) is 16.5. The van der Waals surface area contributed by atoms with Crippen LogP contribution in [0, 0.1) is 0 Å². The average molecular weight is 416 g/mol. The molecule has 6 rings (SSSR count). The predicted molar refractivity (Wildman–Crippen MR) is 112 cm³/mol. The Morgan fingerprint density at radius 3 is 2.87 bits per heavy atom. The summed E-state index contributed by atoms with van der Waals surface area (Å²) in [5.74, 6) is 0.248. The quantitative estimate of drug-likeness (QED) is 0.384. The van der Waals surface area contributed by atoms with Crippen LogP contribution in [0.2, 0.25) is 0 Å². The molecule has 1 atom stereocenters. The van der Waals surface area contributed by atoms with E-state index in [1.807, 2.05) is 6.07 Å². The molecule has 1 saturated carbocycles. The number of hydrogen-bond donors (Lipinski definition) is 4. The summed E-state index contributed by atoms with van der Waals surface area (Å²) in [4.78, 5) is 30.4. The number of fused-ring (bicyclic) bond motifs is 2. The second kappa shape index (κ2) is 6.79. The lowest BCUT2D eigenvalue weighted by atomic mass is 10.1. The van der Waals surface area contributed by atoms with Crippen LogP contribution in [0.3, 0.4) is 0 Å². The third kappa shape index (κ3) is 3.25.